The minimum atomic E-state index is -0.715. The van der Waals surface area contributed by atoms with Gasteiger partial charge in [-0.2, -0.15) is 0 Å². The van der Waals surface area contributed by atoms with Crippen molar-refractivity contribution in [2.75, 3.05) is 16.4 Å². The minimum absolute atomic E-state index is 0.0363. The zero-order valence-corrected chi connectivity index (χ0v) is 25.3. The number of ketones is 1. The molecule has 1 aliphatic heterocycles. The molecular formula is C35H34N2O6S. The molecule has 3 N–H and O–H groups in total. The van der Waals surface area contributed by atoms with E-state index in [-0.39, 0.29) is 36.4 Å². The van der Waals surface area contributed by atoms with Gasteiger partial charge in [0.05, 0.1) is 18.8 Å². The van der Waals surface area contributed by atoms with Gasteiger partial charge >= 0.3 is 0 Å². The molecular weight excluding hydrogens is 576 g/mol. The maximum absolute atomic E-state index is 13.2. The molecule has 1 heterocycles. The Labute approximate surface area is 260 Å². The van der Waals surface area contributed by atoms with Crippen LogP contribution in [0, 0.1) is 0 Å². The van der Waals surface area contributed by atoms with Gasteiger partial charge in [0.15, 0.2) is 12.1 Å². The molecule has 0 bridgehead atoms. The van der Waals surface area contributed by atoms with Crippen LogP contribution in [0.3, 0.4) is 0 Å². The lowest BCUT2D eigenvalue weighted by molar-refractivity contribution is -0.245. The number of carbonyl (C=O) groups is 3. The third-order valence-electron chi connectivity index (χ3n) is 7.17. The second-order valence-electron chi connectivity index (χ2n) is 10.6. The number of Topliss-reactive ketones (excluding diaryl/α,β-unsaturated/α-hetero) is 1. The van der Waals surface area contributed by atoms with E-state index in [4.69, 9.17) is 9.47 Å². The van der Waals surface area contributed by atoms with E-state index in [1.807, 2.05) is 54.6 Å². The molecule has 1 fully saturated rings. The minimum Gasteiger partial charge on any atom is -0.392 e. The van der Waals surface area contributed by atoms with Gasteiger partial charge in [-0.15, -0.1) is 11.8 Å². The van der Waals surface area contributed by atoms with Crippen LogP contribution < -0.4 is 10.6 Å². The maximum atomic E-state index is 13.2. The summed E-state index contributed by atoms with van der Waals surface area (Å²) in [6.45, 7) is 2.93. The van der Waals surface area contributed by atoms with E-state index in [2.05, 4.69) is 10.6 Å². The fourth-order valence-corrected chi connectivity index (χ4v) is 5.82. The molecule has 0 saturated carbocycles. The van der Waals surface area contributed by atoms with E-state index in [0.717, 1.165) is 21.7 Å². The highest BCUT2D eigenvalue weighted by Gasteiger charge is 2.32. The molecule has 226 valence electrons. The molecule has 0 radical (unpaired) electrons. The van der Waals surface area contributed by atoms with Gasteiger partial charge < -0.3 is 25.2 Å². The molecule has 4 aromatic carbocycles. The van der Waals surface area contributed by atoms with E-state index in [9.17, 15) is 19.5 Å². The highest BCUT2D eigenvalue weighted by atomic mass is 32.2. The number of hydrogen-bond acceptors (Lipinski definition) is 7. The summed E-state index contributed by atoms with van der Waals surface area (Å²) in [6.07, 6.45) is -0.518. The van der Waals surface area contributed by atoms with Crippen molar-refractivity contribution in [2.24, 2.45) is 0 Å². The lowest BCUT2D eigenvalue weighted by Gasteiger charge is -2.36. The van der Waals surface area contributed by atoms with Crippen LogP contribution in [0.4, 0.5) is 11.4 Å². The van der Waals surface area contributed by atoms with Crippen molar-refractivity contribution in [1.82, 2.24) is 0 Å². The monoisotopic (exact) mass is 610 g/mol. The van der Waals surface area contributed by atoms with Crippen molar-refractivity contribution in [3.63, 3.8) is 0 Å². The Balaban J connectivity index is 1.33. The molecule has 4 aromatic rings. The molecule has 5 rings (SSSR count). The van der Waals surface area contributed by atoms with Crippen LogP contribution in [0.2, 0.25) is 0 Å². The van der Waals surface area contributed by atoms with Crippen LogP contribution in [-0.2, 0) is 20.9 Å². The Bertz CT molecular complexity index is 1620. The van der Waals surface area contributed by atoms with E-state index in [1.54, 1.807) is 54.2 Å². The fourth-order valence-electron chi connectivity index (χ4n) is 4.90. The normalized spacial score (nSPS) is 17.9. The number of aliphatic hydroxyl groups excluding tert-OH is 1. The first kappa shape index (κ1) is 31.2. The average Bonchev–Trinajstić information content (AvgIpc) is 3.04. The summed E-state index contributed by atoms with van der Waals surface area (Å²) in [5, 5.41) is 15.1. The number of amides is 2. The topological polar surface area (TPSA) is 114 Å². The number of anilines is 2. The lowest BCUT2D eigenvalue weighted by atomic mass is 10.0. The molecule has 0 aliphatic carbocycles. The number of rotatable bonds is 10. The SMILES string of the molecule is CC(=O)Nc1ccc(SC[C@@H]2C[C@H](c3ccc(CO)cc3)OC(c3cccc(C(=O)Nc4cccc(C(C)=O)c4)c3)O2)cc1. The zero-order chi connectivity index (χ0) is 31.1. The summed E-state index contributed by atoms with van der Waals surface area (Å²) >= 11 is 1.65. The highest BCUT2D eigenvalue weighted by molar-refractivity contribution is 7.99. The van der Waals surface area contributed by atoms with Crippen molar-refractivity contribution in [1.29, 1.82) is 0 Å². The standard InChI is InChI=1S/C35H34N2O6S/c1-22(39)26-5-4-8-30(18-26)37-34(41)27-6-3-7-28(17-27)35-42-31(19-33(43-35)25-11-9-24(20-38)10-12-25)21-44-32-15-13-29(14-16-32)36-23(2)40/h3-18,31,33,35,38H,19-21H2,1-2H3,(H,36,40)(H,37,41)/t31-,33+,35?/m0/s1. The van der Waals surface area contributed by atoms with Crippen LogP contribution in [0.5, 0.6) is 0 Å². The first-order valence-corrected chi connectivity index (χ1v) is 15.3. The van der Waals surface area contributed by atoms with Gasteiger partial charge in [-0.25, -0.2) is 0 Å². The van der Waals surface area contributed by atoms with Gasteiger partial charge in [-0.05, 0) is 66.6 Å². The summed E-state index contributed by atoms with van der Waals surface area (Å²) in [5.41, 5.74) is 4.73. The molecule has 2 amide bonds. The molecule has 1 unspecified atom stereocenters. The number of nitrogens with one attached hydrogen (secondary N) is 2. The summed E-state index contributed by atoms with van der Waals surface area (Å²) in [7, 11) is 0. The van der Waals surface area contributed by atoms with Gasteiger partial charge in [-0.3, -0.25) is 14.4 Å². The molecule has 8 nitrogen and oxygen atoms in total. The predicted octanol–water partition coefficient (Wildman–Crippen LogP) is 6.93. The molecule has 1 saturated heterocycles. The highest BCUT2D eigenvalue weighted by Crippen LogP contribution is 2.39. The quantitative estimate of drug-likeness (QED) is 0.132. The fraction of sp³-hybridized carbons (Fsp3) is 0.229. The summed E-state index contributed by atoms with van der Waals surface area (Å²) in [5.74, 6) is 0.158. The number of aliphatic hydroxyl groups is 1. The number of ether oxygens (including phenoxy) is 2. The first-order valence-electron chi connectivity index (χ1n) is 14.3. The number of hydrogen-bond donors (Lipinski definition) is 3. The summed E-state index contributed by atoms with van der Waals surface area (Å²) < 4.78 is 12.9. The van der Waals surface area contributed by atoms with Crippen LogP contribution in [0.15, 0.2) is 102 Å². The third kappa shape index (κ3) is 8.21. The average molecular weight is 611 g/mol. The van der Waals surface area contributed by atoms with Gasteiger partial charge in [0.2, 0.25) is 5.91 Å². The van der Waals surface area contributed by atoms with Crippen molar-refractivity contribution < 1.29 is 29.0 Å². The molecule has 0 spiro atoms. The van der Waals surface area contributed by atoms with Crippen LogP contribution in [-0.4, -0.2) is 34.6 Å². The van der Waals surface area contributed by atoms with E-state index in [0.29, 0.717) is 34.6 Å². The second-order valence-corrected chi connectivity index (χ2v) is 11.7. The van der Waals surface area contributed by atoms with Gasteiger partial charge in [0.1, 0.15) is 0 Å². The molecule has 9 heteroatoms. The van der Waals surface area contributed by atoms with Crippen LogP contribution >= 0.6 is 11.8 Å². The Morgan fingerprint density at radius 1 is 0.795 bits per heavy atom. The summed E-state index contributed by atoms with van der Waals surface area (Å²) in [4.78, 5) is 37.3. The first-order chi connectivity index (χ1) is 21.3. The summed E-state index contributed by atoms with van der Waals surface area (Å²) in [6, 6.07) is 29.3. The molecule has 1 aliphatic rings. The Morgan fingerprint density at radius 3 is 2.23 bits per heavy atom. The predicted molar refractivity (Wildman–Crippen MR) is 171 cm³/mol. The molecule has 44 heavy (non-hydrogen) atoms. The van der Waals surface area contributed by atoms with E-state index < -0.39 is 6.29 Å². The maximum Gasteiger partial charge on any atom is 0.255 e. The number of thioether (sulfide) groups is 1. The van der Waals surface area contributed by atoms with Gasteiger partial charge in [-0.1, -0.05) is 48.5 Å². The van der Waals surface area contributed by atoms with Gasteiger partial charge in [0, 0.05) is 52.1 Å². The van der Waals surface area contributed by atoms with Crippen LogP contribution in [0.25, 0.3) is 0 Å². The van der Waals surface area contributed by atoms with Crippen molar-refractivity contribution in [2.45, 2.75) is 50.3 Å². The Morgan fingerprint density at radius 2 is 1.52 bits per heavy atom. The lowest BCUT2D eigenvalue weighted by Crippen LogP contribution is -2.31. The molecule has 0 aromatic heterocycles. The zero-order valence-electron chi connectivity index (χ0n) is 24.5. The second kappa shape index (κ2) is 14.5. The van der Waals surface area contributed by atoms with E-state index >= 15 is 0 Å². The van der Waals surface area contributed by atoms with Crippen molar-refractivity contribution >= 4 is 40.7 Å². The van der Waals surface area contributed by atoms with Crippen LogP contribution in [0.1, 0.15) is 70.1 Å². The van der Waals surface area contributed by atoms with Crippen molar-refractivity contribution in [3.05, 3.63) is 125 Å². The number of carbonyl (C=O) groups excluding carboxylic acids is 3. The smallest absolute Gasteiger partial charge is 0.255 e. The number of benzene rings is 4. The third-order valence-corrected chi connectivity index (χ3v) is 8.32. The van der Waals surface area contributed by atoms with E-state index in [1.165, 1.54) is 13.8 Å². The Kier molecular flexibility index (Phi) is 10.2. The Hall–Kier alpha value is -4.28. The van der Waals surface area contributed by atoms with Crippen molar-refractivity contribution in [3.8, 4) is 0 Å². The largest absolute Gasteiger partial charge is 0.392 e. The molecule has 3 atom stereocenters. The van der Waals surface area contributed by atoms with Gasteiger partial charge in [0.25, 0.3) is 5.91 Å².